The molecule has 7 nitrogen and oxygen atoms in total. The Balaban J connectivity index is 1.94. The third kappa shape index (κ3) is 5.90. The standard InChI is InChI=1S/C25H25N3O4S2/c1-6-31-23(29)19-15(2)20(24(30)32-25(3,4)5)34-22(19)27-13-17(12-26)21-28-18(14-33-21)16-10-8-7-9-11-16/h7-11,13-14,27H,6H2,1-5H3. The van der Waals surface area contributed by atoms with E-state index in [-0.39, 0.29) is 12.2 Å². The maximum absolute atomic E-state index is 12.7. The molecule has 0 unspecified atom stereocenters. The second kappa shape index (κ2) is 10.6. The number of carbonyl (C=O) groups is 2. The normalized spacial score (nSPS) is 11.6. The summed E-state index contributed by atoms with van der Waals surface area (Å²) in [6.07, 6.45) is 1.49. The SMILES string of the molecule is CCOC(=O)c1c(NC=C(C#N)c2nc(-c3ccccc3)cs2)sc(C(=O)OC(C)(C)C)c1C. The third-order valence-electron chi connectivity index (χ3n) is 4.48. The molecule has 0 fully saturated rings. The Hall–Kier alpha value is -3.48. The molecule has 3 rings (SSSR count). The Labute approximate surface area is 206 Å². The number of thiazole rings is 1. The number of hydrogen-bond acceptors (Lipinski definition) is 9. The minimum Gasteiger partial charge on any atom is -0.462 e. The number of rotatable bonds is 7. The van der Waals surface area contributed by atoms with Crippen molar-refractivity contribution in [3.8, 4) is 17.3 Å². The lowest BCUT2D eigenvalue weighted by Gasteiger charge is -2.19. The average Bonchev–Trinajstić information content (AvgIpc) is 3.39. The molecule has 0 bridgehead atoms. The molecule has 9 heteroatoms. The molecule has 0 aliphatic rings. The molecule has 3 aromatic rings. The highest BCUT2D eigenvalue weighted by atomic mass is 32.1. The lowest BCUT2D eigenvalue weighted by Crippen LogP contribution is -2.23. The van der Waals surface area contributed by atoms with Gasteiger partial charge in [0.1, 0.15) is 32.1 Å². The number of allylic oxidation sites excluding steroid dienone is 1. The van der Waals surface area contributed by atoms with Crippen molar-refractivity contribution < 1.29 is 19.1 Å². The molecule has 0 radical (unpaired) electrons. The summed E-state index contributed by atoms with van der Waals surface area (Å²) in [4.78, 5) is 30.2. The van der Waals surface area contributed by atoms with Crippen LogP contribution in [0, 0.1) is 18.3 Å². The van der Waals surface area contributed by atoms with Crippen molar-refractivity contribution >= 4 is 45.2 Å². The summed E-state index contributed by atoms with van der Waals surface area (Å²) in [6, 6.07) is 11.8. The van der Waals surface area contributed by atoms with Crippen molar-refractivity contribution in [1.29, 1.82) is 5.26 Å². The van der Waals surface area contributed by atoms with Gasteiger partial charge in [-0.15, -0.1) is 22.7 Å². The number of anilines is 1. The van der Waals surface area contributed by atoms with Crippen LogP contribution in [0.15, 0.2) is 41.9 Å². The lowest BCUT2D eigenvalue weighted by molar-refractivity contribution is 0.00745. The average molecular weight is 496 g/mol. The van der Waals surface area contributed by atoms with Crippen molar-refractivity contribution in [3.63, 3.8) is 0 Å². The Morgan fingerprint density at radius 3 is 2.53 bits per heavy atom. The summed E-state index contributed by atoms with van der Waals surface area (Å²) in [6.45, 7) is 8.91. The number of carbonyl (C=O) groups excluding carboxylic acids is 2. The molecule has 0 spiro atoms. The fraction of sp³-hybridized carbons (Fsp3) is 0.280. The molecule has 1 N–H and O–H groups in total. The molecule has 34 heavy (non-hydrogen) atoms. The maximum atomic E-state index is 12.7. The fourth-order valence-corrected chi connectivity index (χ4v) is 4.84. The molecule has 0 amide bonds. The van der Waals surface area contributed by atoms with Crippen LogP contribution in [0.25, 0.3) is 16.8 Å². The van der Waals surface area contributed by atoms with E-state index in [4.69, 9.17) is 9.47 Å². The molecule has 0 saturated carbocycles. The monoisotopic (exact) mass is 495 g/mol. The Bertz CT molecular complexity index is 1260. The highest BCUT2D eigenvalue weighted by molar-refractivity contribution is 7.18. The molecule has 0 saturated heterocycles. The van der Waals surface area contributed by atoms with Crippen LogP contribution in [0.3, 0.4) is 0 Å². The predicted octanol–water partition coefficient (Wildman–Crippen LogP) is 6.29. The number of ether oxygens (including phenoxy) is 2. The topological polar surface area (TPSA) is 101 Å². The molecule has 176 valence electrons. The van der Waals surface area contributed by atoms with Gasteiger partial charge in [0.2, 0.25) is 0 Å². The van der Waals surface area contributed by atoms with E-state index in [2.05, 4.69) is 16.4 Å². The number of nitrogens with zero attached hydrogens (tertiary/aromatic N) is 2. The highest BCUT2D eigenvalue weighted by Crippen LogP contribution is 2.35. The molecule has 1 aromatic carbocycles. The van der Waals surface area contributed by atoms with Crippen LogP contribution in [0.1, 0.15) is 58.3 Å². The molecule has 0 atom stereocenters. The lowest BCUT2D eigenvalue weighted by atomic mass is 10.1. The molecule has 0 aliphatic heterocycles. The van der Waals surface area contributed by atoms with E-state index in [0.29, 0.717) is 26.0 Å². The zero-order valence-electron chi connectivity index (χ0n) is 19.6. The summed E-state index contributed by atoms with van der Waals surface area (Å²) < 4.78 is 10.7. The van der Waals surface area contributed by atoms with Crippen molar-refractivity contribution in [2.24, 2.45) is 0 Å². The van der Waals surface area contributed by atoms with Gasteiger partial charge in [-0.05, 0) is 40.2 Å². The minimum atomic E-state index is -0.680. The molecular formula is C25H25N3O4S2. The Kier molecular flexibility index (Phi) is 7.87. The van der Waals surface area contributed by atoms with E-state index < -0.39 is 17.5 Å². The van der Waals surface area contributed by atoms with E-state index >= 15 is 0 Å². The predicted molar refractivity (Wildman–Crippen MR) is 135 cm³/mol. The first-order chi connectivity index (χ1) is 16.1. The summed E-state index contributed by atoms with van der Waals surface area (Å²) in [5.74, 6) is -1.08. The first-order valence-corrected chi connectivity index (χ1v) is 12.3. The van der Waals surface area contributed by atoms with E-state index in [1.807, 2.05) is 35.7 Å². The van der Waals surface area contributed by atoms with Gasteiger partial charge < -0.3 is 14.8 Å². The van der Waals surface area contributed by atoms with E-state index in [1.54, 1.807) is 34.6 Å². The van der Waals surface area contributed by atoms with Gasteiger partial charge in [-0.2, -0.15) is 5.26 Å². The van der Waals surface area contributed by atoms with Crippen molar-refractivity contribution in [1.82, 2.24) is 4.98 Å². The van der Waals surface area contributed by atoms with Crippen LogP contribution < -0.4 is 5.32 Å². The number of nitriles is 1. The van der Waals surface area contributed by atoms with Gasteiger partial charge in [-0.1, -0.05) is 30.3 Å². The summed E-state index contributed by atoms with van der Waals surface area (Å²) in [5.41, 5.74) is 2.05. The number of nitrogens with one attached hydrogen (secondary N) is 1. The van der Waals surface area contributed by atoms with E-state index in [1.165, 1.54) is 17.5 Å². The van der Waals surface area contributed by atoms with Gasteiger partial charge in [0.25, 0.3) is 0 Å². The van der Waals surface area contributed by atoms with Crippen LogP contribution in [0.5, 0.6) is 0 Å². The van der Waals surface area contributed by atoms with Gasteiger partial charge in [-0.3, -0.25) is 0 Å². The molecular weight excluding hydrogens is 470 g/mol. The van der Waals surface area contributed by atoms with Crippen molar-refractivity contribution in [2.75, 3.05) is 11.9 Å². The zero-order chi connectivity index (χ0) is 24.9. The van der Waals surface area contributed by atoms with Crippen LogP contribution in [0.2, 0.25) is 0 Å². The highest BCUT2D eigenvalue weighted by Gasteiger charge is 2.28. The summed E-state index contributed by atoms with van der Waals surface area (Å²) >= 11 is 2.43. The quantitative estimate of drug-likeness (QED) is 0.304. The van der Waals surface area contributed by atoms with E-state index in [0.717, 1.165) is 22.6 Å². The van der Waals surface area contributed by atoms with E-state index in [9.17, 15) is 14.9 Å². The third-order valence-corrected chi connectivity index (χ3v) is 6.56. The number of benzene rings is 1. The Morgan fingerprint density at radius 2 is 1.91 bits per heavy atom. The first-order valence-electron chi connectivity index (χ1n) is 10.6. The first kappa shape index (κ1) is 25.1. The summed E-state index contributed by atoms with van der Waals surface area (Å²) in [7, 11) is 0. The Morgan fingerprint density at radius 1 is 1.21 bits per heavy atom. The second-order valence-corrected chi connectivity index (χ2v) is 10.1. The molecule has 2 aromatic heterocycles. The number of thiophene rings is 1. The minimum absolute atomic E-state index is 0.190. The van der Waals surface area contributed by atoms with Crippen LogP contribution >= 0.6 is 22.7 Å². The van der Waals surface area contributed by atoms with Gasteiger partial charge in [0.15, 0.2) is 0 Å². The smallest absolute Gasteiger partial charge is 0.349 e. The molecule has 2 heterocycles. The van der Waals surface area contributed by atoms with Gasteiger partial charge in [0, 0.05) is 17.1 Å². The van der Waals surface area contributed by atoms with Gasteiger partial charge >= 0.3 is 11.9 Å². The van der Waals surface area contributed by atoms with Gasteiger partial charge in [0.05, 0.1) is 17.9 Å². The van der Waals surface area contributed by atoms with Crippen LogP contribution in [-0.4, -0.2) is 29.1 Å². The van der Waals surface area contributed by atoms with Crippen molar-refractivity contribution in [2.45, 2.75) is 40.2 Å². The largest absolute Gasteiger partial charge is 0.462 e. The zero-order valence-corrected chi connectivity index (χ0v) is 21.2. The second-order valence-electron chi connectivity index (χ2n) is 8.20. The summed E-state index contributed by atoms with van der Waals surface area (Å²) in [5, 5.41) is 15.6. The maximum Gasteiger partial charge on any atom is 0.349 e. The fourth-order valence-electron chi connectivity index (χ4n) is 3.00. The van der Waals surface area contributed by atoms with Crippen LogP contribution in [-0.2, 0) is 9.47 Å². The number of esters is 2. The number of aromatic nitrogens is 1. The molecule has 0 aliphatic carbocycles. The number of hydrogen-bond donors (Lipinski definition) is 1. The van der Waals surface area contributed by atoms with Crippen molar-refractivity contribution in [3.05, 3.63) is 62.9 Å². The van der Waals surface area contributed by atoms with Gasteiger partial charge in [-0.25, -0.2) is 14.6 Å². The van der Waals surface area contributed by atoms with Crippen LogP contribution in [0.4, 0.5) is 5.00 Å².